The van der Waals surface area contributed by atoms with Crippen molar-refractivity contribution in [2.75, 3.05) is 0 Å². The van der Waals surface area contributed by atoms with Gasteiger partial charge in [0.05, 0.1) is 12.0 Å². The van der Waals surface area contributed by atoms with Gasteiger partial charge in [-0.2, -0.15) is 0 Å². The number of aliphatic carboxylic acids is 1. The van der Waals surface area contributed by atoms with E-state index in [9.17, 15) is 9.59 Å². The number of carbonyl (C=O) groups excluding carboxylic acids is 1. The van der Waals surface area contributed by atoms with Crippen molar-refractivity contribution in [1.82, 2.24) is 5.32 Å². The van der Waals surface area contributed by atoms with E-state index in [1.54, 1.807) is 6.08 Å². The lowest BCUT2D eigenvalue weighted by Crippen LogP contribution is -2.44. The molecule has 1 aliphatic carbocycles. The van der Waals surface area contributed by atoms with E-state index in [-0.39, 0.29) is 17.9 Å². The molecule has 0 aliphatic heterocycles. The first-order valence-corrected chi connectivity index (χ1v) is 5.44. The van der Waals surface area contributed by atoms with E-state index >= 15 is 0 Å². The molecule has 0 bridgehead atoms. The first-order valence-electron chi connectivity index (χ1n) is 5.44. The summed E-state index contributed by atoms with van der Waals surface area (Å²) in [5, 5.41) is 11.6. The van der Waals surface area contributed by atoms with Crippen LogP contribution in [0.2, 0.25) is 0 Å². The highest BCUT2D eigenvalue weighted by molar-refractivity contribution is 5.82. The number of nitrogens with one attached hydrogen (secondary N) is 1. The van der Waals surface area contributed by atoms with Crippen LogP contribution in [0.3, 0.4) is 0 Å². The van der Waals surface area contributed by atoms with Crippen LogP contribution in [0.25, 0.3) is 0 Å². The van der Waals surface area contributed by atoms with Crippen LogP contribution >= 0.6 is 0 Å². The number of hydrogen-bond acceptors (Lipinski definition) is 3. The van der Waals surface area contributed by atoms with Crippen LogP contribution in [0.4, 0.5) is 0 Å². The second kappa shape index (κ2) is 5.65. The molecule has 1 aliphatic rings. The van der Waals surface area contributed by atoms with Crippen molar-refractivity contribution in [3.05, 3.63) is 12.7 Å². The number of carbonyl (C=O) groups is 2. The lowest BCUT2D eigenvalue weighted by Gasteiger charge is -2.15. The zero-order valence-electron chi connectivity index (χ0n) is 9.19. The summed E-state index contributed by atoms with van der Waals surface area (Å²) in [6.07, 6.45) is 3.86. The summed E-state index contributed by atoms with van der Waals surface area (Å²) in [7, 11) is 0. The van der Waals surface area contributed by atoms with Crippen LogP contribution in [-0.2, 0) is 9.59 Å². The first-order chi connectivity index (χ1) is 7.54. The molecule has 0 aromatic carbocycles. The standard InChI is InChI=1S/C11H18N2O3/c1-2-3-9(12)10(14)13-8-5-4-7(6-8)11(15)16/h2,7-9H,1,3-6,12H2,(H,13,14)(H,15,16)/t7-,8+,9?/m1/s1. The largest absolute Gasteiger partial charge is 0.481 e. The lowest BCUT2D eigenvalue weighted by molar-refractivity contribution is -0.141. The number of rotatable bonds is 5. The fourth-order valence-corrected chi connectivity index (χ4v) is 1.93. The maximum Gasteiger partial charge on any atom is 0.306 e. The van der Waals surface area contributed by atoms with E-state index in [0.29, 0.717) is 25.7 Å². The average molecular weight is 226 g/mol. The second-order valence-electron chi connectivity index (χ2n) is 4.18. The Hall–Kier alpha value is -1.36. The molecule has 0 aromatic heterocycles. The number of carboxylic acid groups (broad SMARTS) is 1. The summed E-state index contributed by atoms with van der Waals surface area (Å²) in [5.74, 6) is -1.34. The lowest BCUT2D eigenvalue weighted by atomic mass is 10.1. The van der Waals surface area contributed by atoms with E-state index in [4.69, 9.17) is 10.8 Å². The van der Waals surface area contributed by atoms with Crippen molar-refractivity contribution < 1.29 is 14.7 Å². The Kier molecular flexibility index (Phi) is 4.49. The molecule has 90 valence electrons. The number of hydrogen-bond donors (Lipinski definition) is 3. The Morgan fingerprint density at radius 1 is 1.56 bits per heavy atom. The van der Waals surface area contributed by atoms with Gasteiger partial charge >= 0.3 is 5.97 Å². The van der Waals surface area contributed by atoms with Gasteiger partial charge in [0.15, 0.2) is 0 Å². The summed E-state index contributed by atoms with van der Waals surface area (Å²) < 4.78 is 0. The van der Waals surface area contributed by atoms with Gasteiger partial charge in [0, 0.05) is 6.04 Å². The van der Waals surface area contributed by atoms with Gasteiger partial charge in [-0.05, 0) is 25.7 Å². The smallest absolute Gasteiger partial charge is 0.306 e. The molecule has 5 heteroatoms. The Morgan fingerprint density at radius 2 is 2.25 bits per heavy atom. The molecule has 0 heterocycles. The third-order valence-electron chi connectivity index (χ3n) is 2.89. The van der Waals surface area contributed by atoms with Gasteiger partial charge in [0.1, 0.15) is 0 Å². The average Bonchev–Trinajstić information content (AvgIpc) is 2.66. The van der Waals surface area contributed by atoms with Gasteiger partial charge in [-0.1, -0.05) is 6.08 Å². The topological polar surface area (TPSA) is 92.4 Å². The SMILES string of the molecule is C=CCC(N)C(=O)N[C@H]1CC[C@@H](C(=O)O)C1. The first kappa shape index (κ1) is 12.7. The number of nitrogens with two attached hydrogens (primary N) is 1. The predicted octanol–water partition coefficient (Wildman–Crippen LogP) is 0.259. The normalized spacial score (nSPS) is 26.1. The molecule has 1 fully saturated rings. The fraction of sp³-hybridized carbons (Fsp3) is 0.636. The molecule has 1 rings (SSSR count). The predicted molar refractivity (Wildman–Crippen MR) is 59.7 cm³/mol. The molecular formula is C11H18N2O3. The van der Waals surface area contributed by atoms with Crippen molar-refractivity contribution in [2.45, 2.75) is 37.8 Å². The van der Waals surface area contributed by atoms with Crippen molar-refractivity contribution in [1.29, 1.82) is 0 Å². The molecule has 0 spiro atoms. The van der Waals surface area contributed by atoms with Gasteiger partial charge in [-0.15, -0.1) is 6.58 Å². The maximum atomic E-state index is 11.5. The Labute approximate surface area is 94.7 Å². The summed E-state index contributed by atoms with van der Waals surface area (Å²) in [6.45, 7) is 3.51. The zero-order chi connectivity index (χ0) is 12.1. The van der Waals surface area contributed by atoms with Crippen LogP contribution in [0.15, 0.2) is 12.7 Å². The highest BCUT2D eigenvalue weighted by Crippen LogP contribution is 2.25. The molecule has 1 saturated carbocycles. The monoisotopic (exact) mass is 226 g/mol. The maximum absolute atomic E-state index is 11.5. The molecule has 0 aromatic rings. The van der Waals surface area contributed by atoms with E-state index in [0.717, 1.165) is 0 Å². The Bertz CT molecular complexity index is 291. The highest BCUT2D eigenvalue weighted by atomic mass is 16.4. The third-order valence-corrected chi connectivity index (χ3v) is 2.89. The summed E-state index contributed by atoms with van der Waals surface area (Å²) in [4.78, 5) is 22.3. The van der Waals surface area contributed by atoms with Crippen LogP contribution in [0.1, 0.15) is 25.7 Å². The van der Waals surface area contributed by atoms with Crippen LogP contribution < -0.4 is 11.1 Å². The molecule has 5 nitrogen and oxygen atoms in total. The molecule has 1 amide bonds. The van der Waals surface area contributed by atoms with Crippen molar-refractivity contribution in [3.8, 4) is 0 Å². The van der Waals surface area contributed by atoms with Gasteiger partial charge < -0.3 is 16.2 Å². The minimum Gasteiger partial charge on any atom is -0.481 e. The van der Waals surface area contributed by atoms with E-state index < -0.39 is 12.0 Å². The quantitative estimate of drug-likeness (QED) is 0.586. The Balaban J connectivity index is 2.36. The van der Waals surface area contributed by atoms with E-state index in [1.165, 1.54) is 0 Å². The van der Waals surface area contributed by atoms with E-state index in [2.05, 4.69) is 11.9 Å². The minimum atomic E-state index is -0.785. The van der Waals surface area contributed by atoms with Crippen molar-refractivity contribution in [2.24, 2.45) is 11.7 Å². The molecule has 16 heavy (non-hydrogen) atoms. The van der Waals surface area contributed by atoms with Crippen molar-refractivity contribution in [3.63, 3.8) is 0 Å². The summed E-state index contributed by atoms with van der Waals surface area (Å²) in [6, 6.07) is -0.633. The van der Waals surface area contributed by atoms with Crippen LogP contribution in [0.5, 0.6) is 0 Å². The zero-order valence-corrected chi connectivity index (χ0v) is 9.19. The Morgan fingerprint density at radius 3 is 2.75 bits per heavy atom. The molecule has 3 atom stereocenters. The molecule has 4 N–H and O–H groups in total. The number of amides is 1. The van der Waals surface area contributed by atoms with Gasteiger partial charge in [-0.3, -0.25) is 9.59 Å². The second-order valence-corrected chi connectivity index (χ2v) is 4.18. The van der Waals surface area contributed by atoms with Crippen LogP contribution in [-0.4, -0.2) is 29.1 Å². The van der Waals surface area contributed by atoms with Crippen LogP contribution in [0, 0.1) is 5.92 Å². The van der Waals surface area contributed by atoms with Gasteiger partial charge in [0.25, 0.3) is 0 Å². The molecule has 0 radical (unpaired) electrons. The highest BCUT2D eigenvalue weighted by Gasteiger charge is 2.31. The minimum absolute atomic E-state index is 0.0514. The summed E-state index contributed by atoms with van der Waals surface area (Å²) >= 11 is 0. The third kappa shape index (κ3) is 3.34. The fourth-order valence-electron chi connectivity index (χ4n) is 1.93. The summed E-state index contributed by atoms with van der Waals surface area (Å²) in [5.41, 5.74) is 5.60. The van der Waals surface area contributed by atoms with Gasteiger partial charge in [0.2, 0.25) is 5.91 Å². The van der Waals surface area contributed by atoms with E-state index in [1.807, 2.05) is 0 Å². The van der Waals surface area contributed by atoms with Gasteiger partial charge in [-0.25, -0.2) is 0 Å². The molecular weight excluding hydrogens is 208 g/mol. The van der Waals surface area contributed by atoms with Crippen molar-refractivity contribution >= 4 is 11.9 Å². The number of carboxylic acids is 1. The molecule has 0 saturated heterocycles. The molecule has 1 unspecified atom stereocenters.